The van der Waals surface area contributed by atoms with Gasteiger partial charge in [-0.15, -0.1) is 0 Å². The molecule has 0 aromatic carbocycles. The van der Waals surface area contributed by atoms with Gasteiger partial charge in [0.05, 0.1) is 0 Å². The molecule has 19 heavy (non-hydrogen) atoms. The van der Waals surface area contributed by atoms with Crippen molar-refractivity contribution in [3.05, 3.63) is 0 Å². The van der Waals surface area contributed by atoms with Gasteiger partial charge in [0.1, 0.15) is 0 Å². The van der Waals surface area contributed by atoms with Gasteiger partial charge >= 0.3 is 12.0 Å². The van der Waals surface area contributed by atoms with Gasteiger partial charge in [0.25, 0.3) is 0 Å². The zero-order valence-corrected chi connectivity index (χ0v) is 11.5. The summed E-state index contributed by atoms with van der Waals surface area (Å²) in [5, 5.41) is 8.58. The Bertz CT molecular complexity index is 336. The maximum Gasteiger partial charge on any atom is 0.319 e. The van der Waals surface area contributed by atoms with E-state index < -0.39 is 5.97 Å². The highest BCUT2D eigenvalue weighted by Crippen LogP contribution is 2.27. The summed E-state index contributed by atoms with van der Waals surface area (Å²) < 4.78 is 0. The minimum absolute atomic E-state index is 0.0286. The molecule has 0 aromatic heterocycles. The lowest BCUT2D eigenvalue weighted by Crippen LogP contribution is -2.52. The minimum Gasteiger partial charge on any atom is -0.481 e. The van der Waals surface area contributed by atoms with Crippen molar-refractivity contribution in [3.8, 4) is 0 Å². The highest BCUT2D eigenvalue weighted by Gasteiger charge is 2.32. The van der Waals surface area contributed by atoms with Crippen molar-refractivity contribution in [3.63, 3.8) is 0 Å². The number of hydrogen-bond donors (Lipinski definition) is 1. The molecular weight excluding hydrogens is 246 g/mol. The molecular formula is C13H23N3O3. The first kappa shape index (κ1) is 14.1. The second-order valence-electron chi connectivity index (χ2n) is 5.46. The number of aliphatic carboxylic acids is 1. The van der Waals surface area contributed by atoms with Crippen molar-refractivity contribution in [2.75, 3.05) is 39.8 Å². The molecule has 6 heteroatoms. The van der Waals surface area contributed by atoms with Crippen LogP contribution in [0.3, 0.4) is 0 Å². The predicted octanol–water partition coefficient (Wildman–Crippen LogP) is 0.683. The average Bonchev–Trinajstić information content (AvgIpc) is 3.22. The Balaban J connectivity index is 1.68. The number of carbonyl (C=O) groups excluding carboxylic acids is 1. The monoisotopic (exact) mass is 269 g/mol. The molecule has 1 heterocycles. The molecule has 0 atom stereocenters. The van der Waals surface area contributed by atoms with Crippen molar-refractivity contribution >= 4 is 12.0 Å². The number of amides is 2. The summed E-state index contributed by atoms with van der Waals surface area (Å²) in [5.41, 5.74) is 0. The van der Waals surface area contributed by atoms with E-state index in [0.29, 0.717) is 13.0 Å². The number of hydrogen-bond acceptors (Lipinski definition) is 3. The summed E-state index contributed by atoms with van der Waals surface area (Å²) >= 11 is 0. The average molecular weight is 269 g/mol. The van der Waals surface area contributed by atoms with Crippen LogP contribution in [0, 0.1) is 0 Å². The summed E-state index contributed by atoms with van der Waals surface area (Å²) in [5.74, 6) is -0.807. The first-order chi connectivity index (χ1) is 9.08. The van der Waals surface area contributed by atoms with E-state index in [2.05, 4.69) is 4.90 Å². The van der Waals surface area contributed by atoms with Crippen LogP contribution in [0.4, 0.5) is 4.79 Å². The number of nitrogens with zero attached hydrogens (tertiary/aromatic N) is 3. The van der Waals surface area contributed by atoms with E-state index in [1.807, 2.05) is 4.90 Å². The van der Waals surface area contributed by atoms with E-state index in [1.54, 1.807) is 11.9 Å². The SMILES string of the molecule is CN(CCCC(=O)O)C(=O)N1CCN(C2CC2)CC1. The molecule has 1 saturated carbocycles. The van der Waals surface area contributed by atoms with Gasteiger partial charge < -0.3 is 14.9 Å². The third kappa shape index (κ3) is 4.09. The van der Waals surface area contributed by atoms with E-state index in [0.717, 1.165) is 32.2 Å². The number of piperazine rings is 1. The molecule has 2 amide bonds. The normalized spacial score (nSPS) is 20.4. The molecule has 6 nitrogen and oxygen atoms in total. The Morgan fingerprint density at radius 1 is 1.21 bits per heavy atom. The molecule has 0 unspecified atom stereocenters. The summed E-state index contributed by atoms with van der Waals surface area (Å²) in [7, 11) is 1.75. The van der Waals surface area contributed by atoms with Crippen LogP contribution in [0.25, 0.3) is 0 Å². The zero-order chi connectivity index (χ0) is 13.8. The van der Waals surface area contributed by atoms with E-state index in [4.69, 9.17) is 5.11 Å². The van der Waals surface area contributed by atoms with Gasteiger partial charge in [-0.05, 0) is 19.3 Å². The highest BCUT2D eigenvalue weighted by molar-refractivity contribution is 5.74. The zero-order valence-electron chi connectivity index (χ0n) is 11.5. The van der Waals surface area contributed by atoms with Crippen molar-refractivity contribution in [1.82, 2.24) is 14.7 Å². The van der Waals surface area contributed by atoms with Crippen LogP contribution in [0.2, 0.25) is 0 Å². The van der Waals surface area contributed by atoms with Crippen molar-refractivity contribution in [2.24, 2.45) is 0 Å². The van der Waals surface area contributed by atoms with E-state index in [1.165, 1.54) is 12.8 Å². The first-order valence-electron chi connectivity index (χ1n) is 7.04. The van der Waals surface area contributed by atoms with Gasteiger partial charge in [-0.2, -0.15) is 0 Å². The van der Waals surface area contributed by atoms with Crippen LogP contribution in [-0.4, -0.2) is 77.6 Å². The maximum absolute atomic E-state index is 12.2. The van der Waals surface area contributed by atoms with Crippen molar-refractivity contribution in [2.45, 2.75) is 31.7 Å². The van der Waals surface area contributed by atoms with Gasteiger partial charge in [0, 0.05) is 52.2 Å². The number of carboxylic acids is 1. The molecule has 1 N–H and O–H groups in total. The molecule has 0 spiro atoms. The van der Waals surface area contributed by atoms with Crippen LogP contribution >= 0.6 is 0 Å². The summed E-state index contributed by atoms with van der Waals surface area (Å²) in [4.78, 5) is 28.6. The Morgan fingerprint density at radius 3 is 2.37 bits per heavy atom. The molecule has 1 saturated heterocycles. The fourth-order valence-electron chi connectivity index (χ4n) is 2.52. The predicted molar refractivity (Wildman–Crippen MR) is 71.1 cm³/mol. The molecule has 0 bridgehead atoms. The lowest BCUT2D eigenvalue weighted by atomic mass is 10.3. The molecule has 0 aromatic rings. The van der Waals surface area contributed by atoms with Gasteiger partial charge in [0.2, 0.25) is 0 Å². The second kappa shape index (κ2) is 6.23. The topological polar surface area (TPSA) is 64.1 Å². The van der Waals surface area contributed by atoms with Crippen molar-refractivity contribution in [1.29, 1.82) is 0 Å². The molecule has 1 aliphatic carbocycles. The third-order valence-corrected chi connectivity index (χ3v) is 3.86. The molecule has 1 aliphatic heterocycles. The lowest BCUT2D eigenvalue weighted by molar-refractivity contribution is -0.137. The first-order valence-corrected chi connectivity index (χ1v) is 7.04. The maximum atomic E-state index is 12.2. The number of carbonyl (C=O) groups is 2. The summed E-state index contributed by atoms with van der Waals surface area (Å²) in [6, 6.07) is 0.798. The third-order valence-electron chi connectivity index (χ3n) is 3.86. The van der Waals surface area contributed by atoms with Crippen LogP contribution < -0.4 is 0 Å². The minimum atomic E-state index is -0.807. The van der Waals surface area contributed by atoms with E-state index in [-0.39, 0.29) is 12.5 Å². The Hall–Kier alpha value is -1.30. The van der Waals surface area contributed by atoms with Crippen LogP contribution in [0.5, 0.6) is 0 Å². The molecule has 2 aliphatic rings. The quantitative estimate of drug-likeness (QED) is 0.797. The van der Waals surface area contributed by atoms with Gasteiger partial charge in [-0.25, -0.2) is 4.79 Å². The Morgan fingerprint density at radius 2 is 1.84 bits per heavy atom. The van der Waals surface area contributed by atoms with E-state index >= 15 is 0 Å². The molecule has 108 valence electrons. The molecule has 2 fully saturated rings. The largest absolute Gasteiger partial charge is 0.481 e. The summed E-state index contributed by atoms with van der Waals surface area (Å²) in [6.45, 7) is 4.03. The van der Waals surface area contributed by atoms with Gasteiger partial charge in [0.15, 0.2) is 0 Å². The standard InChI is InChI=1S/C13H23N3O3/c1-14(6-2-3-12(17)18)13(19)16-9-7-15(8-10-16)11-4-5-11/h11H,2-10H2,1H3,(H,17,18). The number of urea groups is 1. The summed E-state index contributed by atoms with van der Waals surface area (Å²) in [6.07, 6.45) is 3.25. The number of rotatable bonds is 5. The van der Waals surface area contributed by atoms with Crippen LogP contribution in [0.1, 0.15) is 25.7 Å². The molecule has 2 rings (SSSR count). The molecule has 0 radical (unpaired) electrons. The lowest BCUT2D eigenvalue weighted by Gasteiger charge is -2.36. The number of carboxylic acid groups (broad SMARTS) is 1. The van der Waals surface area contributed by atoms with Crippen LogP contribution in [-0.2, 0) is 4.79 Å². The van der Waals surface area contributed by atoms with Crippen LogP contribution in [0.15, 0.2) is 0 Å². The fourth-order valence-corrected chi connectivity index (χ4v) is 2.52. The second-order valence-corrected chi connectivity index (χ2v) is 5.46. The van der Waals surface area contributed by atoms with E-state index in [9.17, 15) is 9.59 Å². The van der Waals surface area contributed by atoms with Gasteiger partial charge in [-0.1, -0.05) is 0 Å². The fraction of sp³-hybridized carbons (Fsp3) is 0.846. The Labute approximate surface area is 114 Å². The highest BCUT2D eigenvalue weighted by atomic mass is 16.4. The van der Waals surface area contributed by atoms with Gasteiger partial charge in [-0.3, -0.25) is 9.69 Å². The Kier molecular flexibility index (Phi) is 4.63. The van der Waals surface area contributed by atoms with Crippen molar-refractivity contribution < 1.29 is 14.7 Å². The smallest absolute Gasteiger partial charge is 0.319 e.